The van der Waals surface area contributed by atoms with Crippen LogP contribution in [0.25, 0.3) is 21.7 Å². The second-order valence-electron chi connectivity index (χ2n) is 10.3. The number of ether oxygens (including phenoxy) is 1. The summed E-state index contributed by atoms with van der Waals surface area (Å²) >= 11 is 14.6. The van der Waals surface area contributed by atoms with E-state index in [0.29, 0.717) is 16.5 Å². The molecular weight excluding hydrogens is 564 g/mol. The van der Waals surface area contributed by atoms with Crippen LogP contribution < -0.4 is 4.74 Å². The number of hydrogen-bond acceptors (Lipinski definition) is 5. The van der Waals surface area contributed by atoms with Crippen LogP contribution in [0.4, 0.5) is 4.39 Å². The minimum atomic E-state index is -0.269. The maximum atomic E-state index is 12.6. The number of nitrogens with zero attached hydrogens (tertiary/aromatic N) is 3. The number of rotatable bonds is 8. The van der Waals surface area contributed by atoms with Gasteiger partial charge in [0.2, 0.25) is 0 Å². The Bertz CT molecular complexity index is 1510. The first-order valence-corrected chi connectivity index (χ1v) is 15.4. The molecule has 0 saturated carbocycles. The average Bonchev–Trinajstić information content (AvgIpc) is 3.62. The second kappa shape index (κ2) is 12.4. The number of halogens is 3. The van der Waals surface area contributed by atoms with Crippen LogP contribution in [0.2, 0.25) is 10.0 Å². The lowest BCUT2D eigenvalue weighted by Gasteiger charge is -2.19. The first kappa shape index (κ1) is 27.4. The summed E-state index contributed by atoms with van der Waals surface area (Å²) in [6.45, 7) is 2.32. The number of fused-ring (bicyclic) bond motifs is 1. The Morgan fingerprint density at radius 2 is 1.80 bits per heavy atom. The van der Waals surface area contributed by atoms with Gasteiger partial charge >= 0.3 is 0 Å². The van der Waals surface area contributed by atoms with Crippen LogP contribution in [0, 0.1) is 0 Å². The topological polar surface area (TPSA) is 38.2 Å². The first-order chi connectivity index (χ1) is 19.6. The lowest BCUT2D eigenvalue weighted by molar-refractivity contribution is 0.198. The van der Waals surface area contributed by atoms with Crippen LogP contribution in [-0.4, -0.2) is 47.5 Å². The fourth-order valence-corrected chi connectivity index (χ4v) is 6.90. The molecule has 6 rings (SSSR count). The molecule has 1 fully saturated rings. The molecule has 0 N–H and O–H groups in total. The van der Waals surface area contributed by atoms with Crippen molar-refractivity contribution >= 4 is 45.7 Å². The Hall–Kier alpha value is -2.77. The van der Waals surface area contributed by atoms with Gasteiger partial charge in [-0.25, -0.2) is 0 Å². The zero-order valence-electron chi connectivity index (χ0n) is 22.1. The number of benzene rings is 3. The standard InChI is InChI=1S/C32H30Cl2FN3OS/c33-24-8-12-28(30(34)18-24)29-4-1-3-22-17-23(32-37-36-20-40-32)7-11-27(22)31(29)21-5-9-25(10-6-21)39-26-13-16-38(19-26)15-2-14-35/h5-12,17-18,20,26H,1-4,13-16,19H2/t26-/m0/s1. The largest absolute Gasteiger partial charge is 0.489 e. The predicted molar refractivity (Wildman–Crippen MR) is 163 cm³/mol. The molecule has 1 saturated heterocycles. The van der Waals surface area contributed by atoms with E-state index in [-0.39, 0.29) is 12.8 Å². The van der Waals surface area contributed by atoms with Crippen LogP contribution in [0.15, 0.2) is 66.2 Å². The second-order valence-corrected chi connectivity index (χ2v) is 12.0. The van der Waals surface area contributed by atoms with Crippen molar-refractivity contribution in [2.24, 2.45) is 0 Å². The van der Waals surface area contributed by atoms with Gasteiger partial charge in [-0.05, 0) is 95.8 Å². The Kier molecular flexibility index (Phi) is 8.49. The van der Waals surface area contributed by atoms with E-state index in [1.165, 1.54) is 22.3 Å². The van der Waals surface area contributed by atoms with E-state index < -0.39 is 0 Å². The lowest BCUT2D eigenvalue weighted by Crippen LogP contribution is -2.26. The molecule has 2 heterocycles. The van der Waals surface area contributed by atoms with Gasteiger partial charge in [-0.1, -0.05) is 64.9 Å². The first-order valence-electron chi connectivity index (χ1n) is 13.7. The van der Waals surface area contributed by atoms with E-state index in [1.54, 1.807) is 16.8 Å². The van der Waals surface area contributed by atoms with Gasteiger partial charge in [-0.3, -0.25) is 9.29 Å². The molecule has 0 bridgehead atoms. The third-order valence-electron chi connectivity index (χ3n) is 7.70. The Morgan fingerprint density at radius 3 is 2.58 bits per heavy atom. The van der Waals surface area contributed by atoms with Gasteiger partial charge in [0.05, 0.1) is 6.67 Å². The monoisotopic (exact) mass is 593 g/mol. The summed E-state index contributed by atoms with van der Waals surface area (Å²) in [5, 5.41) is 10.5. The zero-order valence-corrected chi connectivity index (χ0v) is 24.4. The summed E-state index contributed by atoms with van der Waals surface area (Å²) in [7, 11) is 0. The Morgan fingerprint density at radius 1 is 0.975 bits per heavy atom. The van der Waals surface area contributed by atoms with Crippen LogP contribution in [0.3, 0.4) is 0 Å². The molecule has 1 aliphatic heterocycles. The van der Waals surface area contributed by atoms with Crippen LogP contribution in [0.1, 0.15) is 47.9 Å². The molecule has 8 heteroatoms. The Labute approximate surface area is 248 Å². The molecule has 4 aromatic rings. The zero-order chi connectivity index (χ0) is 27.5. The van der Waals surface area contributed by atoms with Crippen LogP contribution in [-0.2, 0) is 6.42 Å². The van der Waals surface area contributed by atoms with Gasteiger partial charge in [0.25, 0.3) is 0 Å². The molecule has 4 nitrogen and oxygen atoms in total. The van der Waals surface area contributed by atoms with Gasteiger partial charge < -0.3 is 4.74 Å². The molecule has 0 spiro atoms. The van der Waals surface area contributed by atoms with Gasteiger partial charge in [0.1, 0.15) is 22.4 Å². The number of likely N-dealkylation sites (tertiary alicyclic amines) is 1. The van der Waals surface area contributed by atoms with E-state index in [1.807, 2.05) is 18.2 Å². The van der Waals surface area contributed by atoms with E-state index >= 15 is 0 Å². The molecule has 0 radical (unpaired) electrons. The van der Waals surface area contributed by atoms with Crippen molar-refractivity contribution in [3.05, 3.63) is 98.5 Å². The minimum Gasteiger partial charge on any atom is -0.489 e. The van der Waals surface area contributed by atoms with Gasteiger partial charge in [-0.15, -0.1) is 10.2 Å². The summed E-state index contributed by atoms with van der Waals surface area (Å²) in [5.74, 6) is 0.855. The molecule has 2 aliphatic rings. The smallest absolute Gasteiger partial charge is 0.147 e. The highest BCUT2D eigenvalue weighted by atomic mass is 35.5. The summed E-state index contributed by atoms with van der Waals surface area (Å²) in [4.78, 5) is 2.28. The number of alkyl halides is 1. The molecule has 1 atom stereocenters. The molecular formula is C32H30Cl2FN3OS. The maximum absolute atomic E-state index is 12.6. The molecule has 0 unspecified atom stereocenters. The van der Waals surface area contributed by atoms with Gasteiger partial charge in [0.15, 0.2) is 0 Å². The number of allylic oxidation sites excluding steroid dienone is 1. The fraction of sp³-hybridized carbons (Fsp3) is 0.312. The predicted octanol–water partition coefficient (Wildman–Crippen LogP) is 8.62. The Balaban J connectivity index is 1.36. The highest BCUT2D eigenvalue weighted by Gasteiger charge is 2.25. The van der Waals surface area contributed by atoms with Crippen molar-refractivity contribution in [3.63, 3.8) is 0 Å². The molecule has 0 amide bonds. The van der Waals surface area contributed by atoms with Crippen molar-refractivity contribution in [3.8, 4) is 16.3 Å². The fourth-order valence-electron chi connectivity index (χ4n) is 5.83. The minimum absolute atomic E-state index is 0.130. The summed E-state index contributed by atoms with van der Waals surface area (Å²) in [6.07, 6.45) is 4.54. The summed E-state index contributed by atoms with van der Waals surface area (Å²) < 4.78 is 18.9. The normalized spacial score (nSPS) is 17.6. The number of aryl methyl sites for hydroxylation is 1. The SMILES string of the molecule is FCCCN1CC[C@H](Oc2ccc(C3=C(c4ccc(Cl)cc4Cl)CCCc4cc(-c5nncs5)ccc43)cc2)C1. The molecule has 3 aromatic carbocycles. The van der Waals surface area contributed by atoms with Crippen LogP contribution in [0.5, 0.6) is 5.75 Å². The summed E-state index contributed by atoms with van der Waals surface area (Å²) in [6, 6.07) is 20.8. The van der Waals surface area contributed by atoms with Crippen molar-refractivity contribution < 1.29 is 9.13 Å². The van der Waals surface area contributed by atoms with E-state index in [0.717, 1.165) is 72.8 Å². The third-order valence-corrected chi connectivity index (χ3v) is 8.98. The highest BCUT2D eigenvalue weighted by Crippen LogP contribution is 2.43. The molecule has 206 valence electrons. The van der Waals surface area contributed by atoms with E-state index in [4.69, 9.17) is 27.9 Å². The van der Waals surface area contributed by atoms with Crippen molar-refractivity contribution in [1.82, 2.24) is 15.1 Å². The van der Waals surface area contributed by atoms with Crippen molar-refractivity contribution in [1.29, 1.82) is 0 Å². The van der Waals surface area contributed by atoms with Gasteiger partial charge in [0, 0.05) is 35.2 Å². The summed E-state index contributed by atoms with van der Waals surface area (Å²) in [5.41, 5.74) is 9.90. The molecule has 1 aliphatic carbocycles. The van der Waals surface area contributed by atoms with E-state index in [2.05, 4.69) is 57.6 Å². The lowest BCUT2D eigenvalue weighted by atomic mass is 9.87. The number of hydrogen-bond donors (Lipinski definition) is 0. The van der Waals surface area contributed by atoms with Crippen molar-refractivity contribution in [2.45, 2.75) is 38.2 Å². The highest BCUT2D eigenvalue weighted by molar-refractivity contribution is 7.12. The number of aromatic nitrogens is 2. The quantitative estimate of drug-likeness (QED) is 0.205. The maximum Gasteiger partial charge on any atom is 0.147 e. The van der Waals surface area contributed by atoms with Crippen molar-refractivity contribution in [2.75, 3.05) is 26.3 Å². The third kappa shape index (κ3) is 5.96. The van der Waals surface area contributed by atoms with E-state index in [9.17, 15) is 4.39 Å². The molecule has 40 heavy (non-hydrogen) atoms. The van der Waals surface area contributed by atoms with Gasteiger partial charge in [-0.2, -0.15) is 0 Å². The average molecular weight is 595 g/mol. The van der Waals surface area contributed by atoms with Crippen LogP contribution >= 0.6 is 34.5 Å². The molecule has 1 aromatic heterocycles.